The number of carboxylic acids is 1. The van der Waals surface area contributed by atoms with Crippen molar-refractivity contribution >= 4 is 12.1 Å². The average molecular weight is 380 g/mol. The minimum absolute atomic E-state index is 0.0693. The summed E-state index contributed by atoms with van der Waals surface area (Å²) in [5.74, 6) is -0.803. The first kappa shape index (κ1) is 19.2. The summed E-state index contributed by atoms with van der Waals surface area (Å²) in [7, 11) is 0. The smallest absolute Gasteiger partial charge is 0.408 e. The van der Waals surface area contributed by atoms with Crippen molar-refractivity contribution in [3.63, 3.8) is 0 Å². The first-order valence-electron chi connectivity index (χ1n) is 8.88. The van der Waals surface area contributed by atoms with Gasteiger partial charge in [0, 0.05) is 5.56 Å². The summed E-state index contributed by atoms with van der Waals surface area (Å²) >= 11 is 0. The first-order valence-corrected chi connectivity index (χ1v) is 8.88. The van der Waals surface area contributed by atoms with E-state index in [0.29, 0.717) is 24.3 Å². The molecule has 0 saturated carbocycles. The molecule has 0 radical (unpaired) electrons. The quantitative estimate of drug-likeness (QED) is 0.788. The van der Waals surface area contributed by atoms with Crippen molar-refractivity contribution in [1.29, 1.82) is 5.26 Å². The second-order valence-corrected chi connectivity index (χ2v) is 6.69. The number of aliphatic carboxylic acids is 1. The molecule has 0 unspecified atom stereocenters. The third-order valence-corrected chi connectivity index (χ3v) is 5.10. The van der Waals surface area contributed by atoms with E-state index >= 15 is 0 Å². The number of nitriles is 1. The van der Waals surface area contributed by atoms with Gasteiger partial charge in [-0.2, -0.15) is 5.26 Å². The molecule has 144 valence electrons. The van der Waals surface area contributed by atoms with E-state index in [2.05, 4.69) is 0 Å². The van der Waals surface area contributed by atoms with Crippen LogP contribution in [-0.4, -0.2) is 32.7 Å². The Hall–Kier alpha value is -3.53. The molecule has 1 aliphatic heterocycles. The predicted octanol–water partition coefficient (Wildman–Crippen LogP) is 3.82. The third kappa shape index (κ3) is 3.49. The van der Waals surface area contributed by atoms with Crippen LogP contribution in [0.25, 0.3) is 0 Å². The lowest BCUT2D eigenvalue weighted by Crippen LogP contribution is -2.53. The SMILES string of the molecule is N#CC[C@]1(C(=O)O)CC[C@@H](c2ccccc2OCc2ccccc2)N1C(=O)O. The maximum atomic E-state index is 12.0. The van der Waals surface area contributed by atoms with Crippen molar-refractivity contribution in [2.24, 2.45) is 0 Å². The van der Waals surface area contributed by atoms with Gasteiger partial charge in [0.1, 0.15) is 12.4 Å². The molecule has 1 heterocycles. The molecule has 2 aromatic rings. The average Bonchev–Trinajstić information content (AvgIpc) is 3.08. The molecule has 1 amide bonds. The number of para-hydroxylation sites is 1. The molecule has 2 aromatic carbocycles. The molecular weight excluding hydrogens is 360 g/mol. The molecule has 28 heavy (non-hydrogen) atoms. The minimum Gasteiger partial charge on any atom is -0.489 e. The van der Waals surface area contributed by atoms with Gasteiger partial charge >= 0.3 is 12.1 Å². The van der Waals surface area contributed by atoms with E-state index in [0.717, 1.165) is 10.5 Å². The molecule has 2 N–H and O–H groups in total. The van der Waals surface area contributed by atoms with Crippen LogP contribution < -0.4 is 4.74 Å². The molecule has 1 aliphatic rings. The Morgan fingerprint density at radius 1 is 1.14 bits per heavy atom. The number of benzene rings is 2. The van der Waals surface area contributed by atoms with Crippen LogP contribution in [0.5, 0.6) is 5.75 Å². The van der Waals surface area contributed by atoms with Crippen LogP contribution in [0.2, 0.25) is 0 Å². The number of amides is 1. The summed E-state index contributed by atoms with van der Waals surface area (Å²) in [6, 6.07) is 17.7. The summed E-state index contributed by atoms with van der Waals surface area (Å²) in [5, 5.41) is 28.6. The zero-order valence-corrected chi connectivity index (χ0v) is 15.1. The van der Waals surface area contributed by atoms with Crippen LogP contribution in [-0.2, 0) is 11.4 Å². The second kappa shape index (κ2) is 8.01. The van der Waals surface area contributed by atoms with Gasteiger partial charge in [0.05, 0.1) is 18.5 Å². The van der Waals surface area contributed by atoms with E-state index in [1.165, 1.54) is 0 Å². The Bertz CT molecular complexity index is 909. The largest absolute Gasteiger partial charge is 0.489 e. The maximum absolute atomic E-state index is 12.0. The Balaban J connectivity index is 1.93. The number of hydrogen-bond donors (Lipinski definition) is 2. The summed E-state index contributed by atoms with van der Waals surface area (Å²) < 4.78 is 5.92. The molecule has 1 saturated heterocycles. The Morgan fingerprint density at radius 3 is 2.46 bits per heavy atom. The highest BCUT2D eigenvalue weighted by Gasteiger charge is 2.55. The van der Waals surface area contributed by atoms with Crippen molar-refractivity contribution < 1.29 is 24.5 Å². The van der Waals surface area contributed by atoms with Crippen molar-refractivity contribution in [3.8, 4) is 11.8 Å². The van der Waals surface area contributed by atoms with Crippen LogP contribution >= 0.6 is 0 Å². The van der Waals surface area contributed by atoms with Crippen molar-refractivity contribution in [2.75, 3.05) is 0 Å². The summed E-state index contributed by atoms with van der Waals surface area (Å²) in [4.78, 5) is 24.8. The van der Waals surface area contributed by atoms with Crippen molar-refractivity contribution in [1.82, 2.24) is 4.90 Å². The lowest BCUT2D eigenvalue weighted by molar-refractivity contribution is -0.149. The first-order chi connectivity index (χ1) is 13.5. The van der Waals surface area contributed by atoms with Crippen LogP contribution in [0.15, 0.2) is 54.6 Å². The molecule has 1 fully saturated rings. The van der Waals surface area contributed by atoms with Gasteiger partial charge in [-0.25, -0.2) is 9.59 Å². The second-order valence-electron chi connectivity index (χ2n) is 6.69. The molecule has 0 spiro atoms. The highest BCUT2D eigenvalue weighted by molar-refractivity contribution is 5.85. The Kier molecular flexibility index (Phi) is 5.50. The van der Waals surface area contributed by atoms with Gasteiger partial charge in [-0.1, -0.05) is 48.5 Å². The molecule has 7 heteroatoms. The maximum Gasteiger partial charge on any atom is 0.408 e. The Morgan fingerprint density at radius 2 is 1.82 bits per heavy atom. The molecule has 0 aromatic heterocycles. The third-order valence-electron chi connectivity index (χ3n) is 5.10. The van der Waals surface area contributed by atoms with Gasteiger partial charge in [0.25, 0.3) is 0 Å². The number of carboxylic acid groups (broad SMARTS) is 2. The number of hydrogen-bond acceptors (Lipinski definition) is 4. The topological polar surface area (TPSA) is 111 Å². The highest BCUT2D eigenvalue weighted by atomic mass is 16.5. The van der Waals surface area contributed by atoms with Crippen LogP contribution in [0.3, 0.4) is 0 Å². The summed E-state index contributed by atoms with van der Waals surface area (Å²) in [6.45, 7) is 0.305. The van der Waals surface area contributed by atoms with Gasteiger partial charge in [-0.15, -0.1) is 0 Å². The fraction of sp³-hybridized carbons (Fsp3) is 0.286. The van der Waals surface area contributed by atoms with E-state index in [1.54, 1.807) is 24.3 Å². The molecule has 2 atom stereocenters. The molecule has 0 bridgehead atoms. The number of nitrogens with zero attached hydrogens (tertiary/aromatic N) is 2. The van der Waals surface area contributed by atoms with Gasteiger partial charge in [0.2, 0.25) is 0 Å². The molecule has 7 nitrogen and oxygen atoms in total. The minimum atomic E-state index is -1.75. The standard InChI is InChI=1S/C21H20N2O5/c22-13-12-21(19(24)25)11-10-17(23(21)20(26)27)16-8-4-5-9-18(16)28-14-15-6-2-1-3-7-15/h1-9,17H,10-12,14H2,(H,24,25)(H,26,27)/t17-,21-/m0/s1. The zero-order chi connectivity index (χ0) is 20.1. The molecule has 3 rings (SSSR count). The lowest BCUT2D eigenvalue weighted by Gasteiger charge is -2.34. The van der Waals surface area contributed by atoms with Crippen LogP contribution in [0.1, 0.15) is 36.4 Å². The number of ether oxygens (including phenoxy) is 1. The van der Waals surface area contributed by atoms with Gasteiger partial charge < -0.3 is 14.9 Å². The summed E-state index contributed by atoms with van der Waals surface area (Å²) in [6.07, 6.45) is -1.40. The normalized spacial score (nSPS) is 21.1. The summed E-state index contributed by atoms with van der Waals surface area (Å²) in [5.41, 5.74) is -0.192. The van der Waals surface area contributed by atoms with E-state index in [9.17, 15) is 19.8 Å². The zero-order valence-electron chi connectivity index (χ0n) is 15.1. The fourth-order valence-corrected chi connectivity index (χ4v) is 3.75. The number of likely N-dealkylation sites (tertiary alicyclic amines) is 1. The van der Waals surface area contributed by atoms with Crippen LogP contribution in [0, 0.1) is 11.3 Å². The van der Waals surface area contributed by atoms with E-state index in [1.807, 2.05) is 36.4 Å². The monoisotopic (exact) mass is 380 g/mol. The van der Waals surface area contributed by atoms with E-state index < -0.39 is 30.1 Å². The van der Waals surface area contributed by atoms with Crippen molar-refractivity contribution in [2.45, 2.75) is 37.5 Å². The fourth-order valence-electron chi connectivity index (χ4n) is 3.75. The molecule has 0 aliphatic carbocycles. The Labute approximate surface area is 162 Å². The van der Waals surface area contributed by atoms with Gasteiger partial charge in [-0.05, 0) is 24.5 Å². The van der Waals surface area contributed by atoms with Gasteiger partial charge in [0.15, 0.2) is 5.54 Å². The highest BCUT2D eigenvalue weighted by Crippen LogP contribution is 2.47. The van der Waals surface area contributed by atoms with Gasteiger partial charge in [-0.3, -0.25) is 4.90 Å². The number of rotatable bonds is 6. The van der Waals surface area contributed by atoms with E-state index in [4.69, 9.17) is 10.00 Å². The van der Waals surface area contributed by atoms with Crippen molar-refractivity contribution in [3.05, 3.63) is 65.7 Å². The van der Waals surface area contributed by atoms with E-state index in [-0.39, 0.29) is 6.42 Å². The van der Waals surface area contributed by atoms with Crippen LogP contribution in [0.4, 0.5) is 4.79 Å². The predicted molar refractivity (Wildman–Crippen MR) is 99.7 cm³/mol. The number of carbonyl (C=O) groups is 2. The lowest BCUT2D eigenvalue weighted by atomic mass is 9.93. The molecular formula is C21H20N2O5.